The maximum atomic E-state index is 14.3. The lowest BCUT2D eigenvalue weighted by atomic mass is 10.1. The predicted octanol–water partition coefficient (Wildman–Crippen LogP) is 2.42. The summed E-state index contributed by atoms with van der Waals surface area (Å²) >= 11 is 0. The second-order valence-electron chi connectivity index (χ2n) is 6.43. The molecule has 1 aromatic heterocycles. The highest BCUT2D eigenvalue weighted by molar-refractivity contribution is 7.89. The van der Waals surface area contributed by atoms with Gasteiger partial charge in [-0.1, -0.05) is 12.1 Å². The zero-order chi connectivity index (χ0) is 21.2. The minimum absolute atomic E-state index is 0.000442. The average molecular weight is 417 g/mol. The van der Waals surface area contributed by atoms with Crippen LogP contribution in [0.25, 0.3) is 11.3 Å². The largest absolute Gasteiger partial charge is 0.497 e. The van der Waals surface area contributed by atoms with E-state index in [1.54, 1.807) is 31.4 Å². The van der Waals surface area contributed by atoms with Crippen molar-refractivity contribution in [2.75, 3.05) is 14.2 Å². The lowest BCUT2D eigenvalue weighted by Crippen LogP contribution is -2.26. The van der Waals surface area contributed by atoms with Crippen LogP contribution in [0.3, 0.4) is 0 Å². The van der Waals surface area contributed by atoms with Gasteiger partial charge >= 0.3 is 0 Å². The van der Waals surface area contributed by atoms with Crippen LogP contribution in [0.1, 0.15) is 5.56 Å². The van der Waals surface area contributed by atoms with Crippen molar-refractivity contribution >= 4 is 10.0 Å². The van der Waals surface area contributed by atoms with Crippen LogP contribution in [0, 0.1) is 5.82 Å². The third-order valence-corrected chi connectivity index (χ3v) is 6.25. The molecular weight excluding hydrogens is 397 g/mol. The number of hydrogen-bond donors (Lipinski definition) is 0. The van der Waals surface area contributed by atoms with Crippen molar-refractivity contribution in [1.82, 2.24) is 14.1 Å². The van der Waals surface area contributed by atoms with Gasteiger partial charge in [0.15, 0.2) is 0 Å². The Kier molecular flexibility index (Phi) is 5.81. The van der Waals surface area contributed by atoms with Gasteiger partial charge in [-0.3, -0.25) is 4.79 Å². The molecule has 0 atom stereocenters. The quantitative estimate of drug-likeness (QED) is 0.615. The number of sulfonamides is 1. The zero-order valence-corrected chi connectivity index (χ0v) is 17.0. The van der Waals surface area contributed by atoms with Crippen LogP contribution in [-0.4, -0.2) is 36.7 Å². The van der Waals surface area contributed by atoms with E-state index < -0.39 is 15.8 Å². The molecule has 0 amide bonds. The van der Waals surface area contributed by atoms with Crippen LogP contribution in [0.5, 0.6) is 5.75 Å². The fourth-order valence-corrected chi connectivity index (χ4v) is 3.95. The highest BCUT2D eigenvalue weighted by Crippen LogP contribution is 2.26. The van der Waals surface area contributed by atoms with E-state index in [0.29, 0.717) is 5.75 Å². The molecule has 0 aliphatic rings. The lowest BCUT2D eigenvalue weighted by molar-refractivity contribution is 0.414. The van der Waals surface area contributed by atoms with Crippen molar-refractivity contribution in [3.05, 3.63) is 76.3 Å². The van der Waals surface area contributed by atoms with Crippen LogP contribution in [0.4, 0.5) is 4.39 Å². The fraction of sp³-hybridized carbons (Fsp3) is 0.200. The van der Waals surface area contributed by atoms with Crippen LogP contribution in [0.15, 0.2) is 64.3 Å². The first-order valence-corrected chi connectivity index (χ1v) is 10.1. The van der Waals surface area contributed by atoms with Crippen molar-refractivity contribution in [1.29, 1.82) is 0 Å². The SMILES string of the molecule is COc1ccc(CN(C)S(=O)(=O)c2ccc(F)c(-c3ccc(=O)n(C)n3)c2)cc1. The average Bonchev–Trinajstić information content (AvgIpc) is 2.71. The van der Waals surface area contributed by atoms with Gasteiger partial charge in [-0.25, -0.2) is 17.5 Å². The summed E-state index contributed by atoms with van der Waals surface area (Å²) < 4.78 is 47.6. The van der Waals surface area contributed by atoms with E-state index in [2.05, 4.69) is 5.10 Å². The molecule has 0 aliphatic carbocycles. The summed E-state index contributed by atoms with van der Waals surface area (Å²) in [7, 11) is 0.562. The van der Waals surface area contributed by atoms with Gasteiger partial charge < -0.3 is 4.74 Å². The van der Waals surface area contributed by atoms with Crippen LogP contribution in [0.2, 0.25) is 0 Å². The summed E-state index contributed by atoms with van der Waals surface area (Å²) in [5.41, 5.74) is 0.593. The van der Waals surface area contributed by atoms with Gasteiger partial charge in [-0.05, 0) is 42.0 Å². The van der Waals surface area contributed by atoms with E-state index in [1.807, 2.05) is 0 Å². The van der Waals surface area contributed by atoms with Crippen molar-refractivity contribution < 1.29 is 17.5 Å². The Bertz CT molecular complexity index is 1190. The number of nitrogens with zero attached hydrogens (tertiary/aromatic N) is 3. The molecule has 0 N–H and O–H groups in total. The van der Waals surface area contributed by atoms with Crippen molar-refractivity contribution in [3.63, 3.8) is 0 Å². The molecule has 0 saturated carbocycles. The van der Waals surface area contributed by atoms with Crippen molar-refractivity contribution in [2.45, 2.75) is 11.4 Å². The molecule has 0 saturated heterocycles. The molecule has 9 heteroatoms. The molecular formula is C20H20FN3O4S. The van der Waals surface area contributed by atoms with E-state index in [-0.39, 0.29) is 28.3 Å². The van der Waals surface area contributed by atoms with E-state index in [0.717, 1.165) is 16.3 Å². The molecule has 29 heavy (non-hydrogen) atoms. The number of ether oxygens (including phenoxy) is 1. The molecule has 0 unspecified atom stereocenters. The maximum Gasteiger partial charge on any atom is 0.266 e. The summed E-state index contributed by atoms with van der Waals surface area (Å²) in [5.74, 6) is 0.0418. The summed E-state index contributed by atoms with van der Waals surface area (Å²) in [6, 6.07) is 13.2. The monoisotopic (exact) mass is 417 g/mol. The topological polar surface area (TPSA) is 81.5 Å². The molecule has 3 aromatic rings. The van der Waals surface area contributed by atoms with Gasteiger partial charge in [-0.2, -0.15) is 9.40 Å². The highest BCUT2D eigenvalue weighted by atomic mass is 32.2. The smallest absolute Gasteiger partial charge is 0.266 e. The number of hydrogen-bond acceptors (Lipinski definition) is 5. The number of halogens is 1. The Hall–Kier alpha value is -3.04. The number of methoxy groups -OCH3 is 1. The Morgan fingerprint density at radius 1 is 1.10 bits per heavy atom. The maximum absolute atomic E-state index is 14.3. The number of aryl methyl sites for hydroxylation is 1. The number of rotatable bonds is 6. The first-order chi connectivity index (χ1) is 13.7. The Balaban J connectivity index is 1.93. The van der Waals surface area contributed by atoms with Gasteiger partial charge in [0.25, 0.3) is 5.56 Å². The summed E-state index contributed by atoms with van der Waals surface area (Å²) in [5, 5.41) is 4.00. The molecule has 7 nitrogen and oxygen atoms in total. The van der Waals surface area contributed by atoms with Gasteiger partial charge in [0.1, 0.15) is 11.6 Å². The predicted molar refractivity (Wildman–Crippen MR) is 107 cm³/mol. The highest BCUT2D eigenvalue weighted by Gasteiger charge is 2.23. The molecule has 0 spiro atoms. The first kappa shape index (κ1) is 20.7. The fourth-order valence-electron chi connectivity index (χ4n) is 2.76. The molecule has 152 valence electrons. The minimum atomic E-state index is -3.88. The van der Waals surface area contributed by atoms with Gasteiger partial charge in [0.2, 0.25) is 10.0 Å². The second-order valence-corrected chi connectivity index (χ2v) is 8.48. The minimum Gasteiger partial charge on any atom is -0.497 e. The van der Waals surface area contributed by atoms with Gasteiger partial charge in [0.05, 0.1) is 17.7 Å². The summed E-state index contributed by atoms with van der Waals surface area (Å²) in [6.07, 6.45) is 0. The van der Waals surface area contributed by atoms with Crippen LogP contribution < -0.4 is 10.3 Å². The Labute approximate surface area is 168 Å². The van der Waals surface area contributed by atoms with Crippen LogP contribution >= 0.6 is 0 Å². The molecule has 1 heterocycles. The Morgan fingerprint density at radius 2 is 1.79 bits per heavy atom. The number of aromatic nitrogens is 2. The van der Waals surface area contributed by atoms with Crippen LogP contribution in [-0.2, 0) is 23.6 Å². The van der Waals surface area contributed by atoms with E-state index in [4.69, 9.17) is 4.74 Å². The summed E-state index contributed by atoms with van der Waals surface area (Å²) in [4.78, 5) is 11.4. The standard InChI is InChI=1S/C20H20FN3O4S/c1-23(13-14-4-6-15(28-3)7-5-14)29(26,27)16-8-9-18(21)17(12-16)19-10-11-20(25)24(2)22-19/h4-12H,13H2,1-3H3. The third-order valence-electron chi connectivity index (χ3n) is 4.45. The van der Waals surface area contributed by atoms with Gasteiger partial charge in [-0.15, -0.1) is 0 Å². The van der Waals surface area contributed by atoms with Crippen molar-refractivity contribution in [2.24, 2.45) is 7.05 Å². The van der Waals surface area contributed by atoms with Crippen molar-refractivity contribution in [3.8, 4) is 17.0 Å². The molecule has 0 fully saturated rings. The zero-order valence-electron chi connectivity index (χ0n) is 16.2. The lowest BCUT2D eigenvalue weighted by Gasteiger charge is -2.18. The third kappa shape index (κ3) is 4.36. The van der Waals surface area contributed by atoms with E-state index in [9.17, 15) is 17.6 Å². The Morgan fingerprint density at radius 3 is 2.41 bits per heavy atom. The molecule has 2 aromatic carbocycles. The second kappa shape index (κ2) is 8.14. The van der Waals surface area contributed by atoms with Gasteiger partial charge in [0, 0.05) is 32.3 Å². The normalized spacial score (nSPS) is 11.6. The molecule has 0 radical (unpaired) electrons. The molecule has 0 bridgehead atoms. The molecule has 0 aliphatic heterocycles. The first-order valence-electron chi connectivity index (χ1n) is 8.66. The van der Waals surface area contributed by atoms with E-state index in [1.165, 1.54) is 42.7 Å². The van der Waals surface area contributed by atoms with E-state index >= 15 is 0 Å². The molecule has 3 rings (SSSR count). The summed E-state index contributed by atoms with van der Waals surface area (Å²) in [6.45, 7) is 0.136. The number of benzene rings is 2.